The monoisotopic (exact) mass is 156 g/mol. The summed E-state index contributed by atoms with van der Waals surface area (Å²) < 4.78 is 0. The third-order valence-electron chi connectivity index (χ3n) is 1.52. The molecule has 0 nitrogen and oxygen atoms in total. The van der Waals surface area contributed by atoms with Crippen LogP contribution in [0, 0.1) is 0 Å². The van der Waals surface area contributed by atoms with Crippen molar-refractivity contribution in [3.63, 3.8) is 0 Å². The molecule has 0 atom stereocenters. The molecule has 0 saturated heterocycles. The summed E-state index contributed by atoms with van der Waals surface area (Å²) in [6, 6.07) is 0. The summed E-state index contributed by atoms with van der Waals surface area (Å²) in [6.45, 7) is 11.3. The number of hydrogen-bond acceptors (Lipinski definition) is 0. The summed E-state index contributed by atoms with van der Waals surface area (Å²) in [6.07, 6.45) is 2.78. The zero-order chi connectivity index (χ0) is 8.15. The van der Waals surface area contributed by atoms with Gasteiger partial charge >= 0.3 is 0 Å². The molecular formula is C9H13Cl. The Kier molecular flexibility index (Phi) is 4.13. The third-order valence-corrected chi connectivity index (χ3v) is 1.80. The van der Waals surface area contributed by atoms with E-state index in [4.69, 9.17) is 11.6 Å². The van der Waals surface area contributed by atoms with Crippen LogP contribution in [0.4, 0.5) is 0 Å². The van der Waals surface area contributed by atoms with Crippen LogP contribution in [-0.4, -0.2) is 0 Å². The number of halogens is 1. The van der Waals surface area contributed by atoms with Gasteiger partial charge in [0.05, 0.1) is 0 Å². The van der Waals surface area contributed by atoms with Gasteiger partial charge in [0.15, 0.2) is 0 Å². The summed E-state index contributed by atoms with van der Waals surface area (Å²) in [4.78, 5) is 0. The molecule has 10 heavy (non-hydrogen) atoms. The third kappa shape index (κ3) is 2.40. The lowest BCUT2D eigenvalue weighted by Gasteiger charge is -2.02. The van der Waals surface area contributed by atoms with E-state index in [1.54, 1.807) is 0 Å². The number of hydrogen-bond donors (Lipinski definition) is 0. The molecule has 0 aliphatic heterocycles. The Labute approximate surface area is 67.9 Å². The standard InChI is InChI=1S/C9H13Cl/c1-5-9(6-2)7(3)8(4)10/h5H,1,4,6H2,2-3H3/b9-7+. The molecule has 0 aromatic heterocycles. The van der Waals surface area contributed by atoms with E-state index in [0.717, 1.165) is 12.0 Å². The zero-order valence-electron chi connectivity index (χ0n) is 6.58. The average molecular weight is 157 g/mol. The smallest absolute Gasteiger partial charge is 0.0366 e. The molecule has 0 unspecified atom stereocenters. The van der Waals surface area contributed by atoms with Crippen molar-refractivity contribution in [2.24, 2.45) is 0 Å². The Morgan fingerprint density at radius 3 is 2.20 bits per heavy atom. The molecule has 0 amide bonds. The summed E-state index contributed by atoms with van der Waals surface area (Å²) in [5, 5.41) is 0.608. The Bertz CT molecular complexity index is 175. The van der Waals surface area contributed by atoms with Crippen LogP contribution in [0.25, 0.3) is 0 Å². The van der Waals surface area contributed by atoms with Crippen molar-refractivity contribution >= 4 is 11.6 Å². The topological polar surface area (TPSA) is 0 Å². The van der Waals surface area contributed by atoms with Gasteiger partial charge in [0.1, 0.15) is 0 Å². The second-order valence-corrected chi connectivity index (χ2v) is 2.57. The Morgan fingerprint density at radius 2 is 2.10 bits per heavy atom. The maximum atomic E-state index is 5.68. The van der Waals surface area contributed by atoms with Crippen LogP contribution < -0.4 is 0 Å². The van der Waals surface area contributed by atoms with Crippen molar-refractivity contribution < 1.29 is 0 Å². The molecule has 0 rings (SSSR count). The molecular weight excluding hydrogens is 144 g/mol. The second kappa shape index (κ2) is 4.35. The zero-order valence-corrected chi connectivity index (χ0v) is 7.33. The molecule has 0 radical (unpaired) electrons. The fourth-order valence-corrected chi connectivity index (χ4v) is 0.858. The first-order chi connectivity index (χ1) is 4.63. The van der Waals surface area contributed by atoms with Gasteiger partial charge in [0, 0.05) is 5.03 Å². The van der Waals surface area contributed by atoms with Gasteiger partial charge in [-0.2, -0.15) is 0 Å². The first-order valence-corrected chi connectivity index (χ1v) is 3.68. The van der Waals surface area contributed by atoms with E-state index in [2.05, 4.69) is 20.1 Å². The minimum Gasteiger partial charge on any atom is -0.0988 e. The summed E-state index contributed by atoms with van der Waals surface area (Å²) in [5.41, 5.74) is 2.21. The Morgan fingerprint density at radius 1 is 1.60 bits per heavy atom. The summed E-state index contributed by atoms with van der Waals surface area (Å²) in [7, 11) is 0. The Balaban J connectivity index is 4.59. The summed E-state index contributed by atoms with van der Waals surface area (Å²) in [5.74, 6) is 0. The molecule has 0 N–H and O–H groups in total. The maximum absolute atomic E-state index is 5.68. The molecule has 1 heteroatoms. The first kappa shape index (κ1) is 9.51. The molecule has 0 aliphatic carbocycles. The predicted molar refractivity (Wildman–Crippen MR) is 48.2 cm³/mol. The van der Waals surface area contributed by atoms with Gasteiger partial charge in [-0.05, 0) is 24.5 Å². The van der Waals surface area contributed by atoms with Crippen molar-refractivity contribution in [1.29, 1.82) is 0 Å². The SMILES string of the molecule is C=C/C(CC)=C(/C)C(=C)Cl. The van der Waals surface area contributed by atoms with E-state index < -0.39 is 0 Å². The molecule has 0 saturated carbocycles. The fourth-order valence-electron chi connectivity index (χ4n) is 0.737. The van der Waals surface area contributed by atoms with Gasteiger partial charge in [0.25, 0.3) is 0 Å². The van der Waals surface area contributed by atoms with Gasteiger partial charge < -0.3 is 0 Å². The normalized spacial score (nSPS) is 12.3. The molecule has 0 bridgehead atoms. The van der Waals surface area contributed by atoms with Gasteiger partial charge in [-0.3, -0.25) is 0 Å². The lowest BCUT2D eigenvalue weighted by Crippen LogP contribution is -1.82. The molecule has 0 aromatic carbocycles. The molecule has 56 valence electrons. The minimum absolute atomic E-state index is 0.608. The minimum atomic E-state index is 0.608. The lowest BCUT2D eigenvalue weighted by atomic mass is 10.1. The highest BCUT2D eigenvalue weighted by atomic mass is 35.5. The molecule has 0 aliphatic rings. The van der Waals surface area contributed by atoms with Crippen LogP contribution in [0.3, 0.4) is 0 Å². The second-order valence-electron chi connectivity index (χ2n) is 2.11. The van der Waals surface area contributed by atoms with Crippen molar-refractivity contribution in [3.8, 4) is 0 Å². The van der Waals surface area contributed by atoms with Crippen molar-refractivity contribution in [1.82, 2.24) is 0 Å². The van der Waals surface area contributed by atoms with Gasteiger partial charge in [0.2, 0.25) is 0 Å². The molecule has 0 heterocycles. The fraction of sp³-hybridized carbons (Fsp3) is 0.333. The molecule has 0 aromatic rings. The quantitative estimate of drug-likeness (QED) is 0.548. The van der Waals surface area contributed by atoms with Gasteiger partial charge in [-0.15, -0.1) is 0 Å². The number of allylic oxidation sites excluding steroid dienone is 4. The number of rotatable bonds is 3. The van der Waals surface area contributed by atoms with Crippen LogP contribution in [0.1, 0.15) is 20.3 Å². The highest BCUT2D eigenvalue weighted by molar-refractivity contribution is 6.31. The van der Waals surface area contributed by atoms with Crippen LogP contribution in [0.5, 0.6) is 0 Å². The lowest BCUT2D eigenvalue weighted by molar-refractivity contribution is 1.12. The van der Waals surface area contributed by atoms with E-state index in [0.29, 0.717) is 5.03 Å². The highest BCUT2D eigenvalue weighted by Gasteiger charge is 1.96. The van der Waals surface area contributed by atoms with E-state index in [9.17, 15) is 0 Å². The van der Waals surface area contributed by atoms with Crippen molar-refractivity contribution in [2.45, 2.75) is 20.3 Å². The molecule has 0 fully saturated rings. The van der Waals surface area contributed by atoms with E-state index in [1.807, 2.05) is 13.0 Å². The van der Waals surface area contributed by atoms with Crippen LogP contribution in [-0.2, 0) is 0 Å². The van der Waals surface area contributed by atoms with Crippen molar-refractivity contribution in [3.05, 3.63) is 35.4 Å². The average Bonchev–Trinajstić information content (AvgIpc) is 1.90. The van der Waals surface area contributed by atoms with Gasteiger partial charge in [-0.1, -0.05) is 37.8 Å². The van der Waals surface area contributed by atoms with Crippen LogP contribution in [0.15, 0.2) is 35.4 Å². The first-order valence-electron chi connectivity index (χ1n) is 3.30. The summed E-state index contributed by atoms with van der Waals surface area (Å²) >= 11 is 5.68. The predicted octanol–water partition coefficient (Wildman–Crippen LogP) is 3.65. The maximum Gasteiger partial charge on any atom is 0.0366 e. The largest absolute Gasteiger partial charge is 0.0988 e. The highest BCUT2D eigenvalue weighted by Crippen LogP contribution is 2.18. The van der Waals surface area contributed by atoms with E-state index in [1.165, 1.54) is 5.57 Å². The van der Waals surface area contributed by atoms with Crippen LogP contribution in [0.2, 0.25) is 0 Å². The molecule has 0 spiro atoms. The van der Waals surface area contributed by atoms with E-state index in [-0.39, 0.29) is 0 Å². The Hall–Kier alpha value is -0.490. The van der Waals surface area contributed by atoms with Crippen molar-refractivity contribution in [2.75, 3.05) is 0 Å². The van der Waals surface area contributed by atoms with Crippen LogP contribution >= 0.6 is 11.6 Å². The van der Waals surface area contributed by atoms with Gasteiger partial charge in [-0.25, -0.2) is 0 Å². The van der Waals surface area contributed by atoms with E-state index >= 15 is 0 Å².